The van der Waals surface area contributed by atoms with E-state index in [2.05, 4.69) is 4.72 Å². The lowest BCUT2D eigenvalue weighted by molar-refractivity contribution is 0.597. The first-order valence-electron chi connectivity index (χ1n) is 7.66. The Morgan fingerprint density at radius 1 is 0.760 bits per heavy atom. The first kappa shape index (κ1) is 17.4. The smallest absolute Gasteiger partial charge is 0.261 e. The third kappa shape index (κ3) is 3.67. The molecular weight excluding hydrogens is 358 g/mol. The van der Waals surface area contributed by atoms with Gasteiger partial charge in [0.15, 0.2) is 9.84 Å². The minimum absolute atomic E-state index is 0.00480. The van der Waals surface area contributed by atoms with Crippen LogP contribution < -0.4 is 4.72 Å². The molecule has 0 aliphatic rings. The summed E-state index contributed by atoms with van der Waals surface area (Å²) in [6.07, 6.45) is 0. The van der Waals surface area contributed by atoms with Crippen LogP contribution in [0.5, 0.6) is 0 Å². The molecule has 0 saturated heterocycles. The van der Waals surface area contributed by atoms with Gasteiger partial charge >= 0.3 is 0 Å². The number of hydrogen-bond acceptors (Lipinski definition) is 4. The molecule has 130 valence electrons. The van der Waals surface area contributed by atoms with E-state index in [1.807, 2.05) is 24.3 Å². The fourth-order valence-corrected chi connectivity index (χ4v) is 4.42. The number of fused-ring (bicyclic) bond motifs is 1. The SMILES string of the molecule is CCS(=O)(=O)c1ccc(NS(=O)(=O)c2ccc3ccccc3c2)cc1. The lowest BCUT2D eigenvalue weighted by atomic mass is 10.1. The highest BCUT2D eigenvalue weighted by molar-refractivity contribution is 7.92. The van der Waals surface area contributed by atoms with Crippen molar-refractivity contribution < 1.29 is 16.8 Å². The summed E-state index contributed by atoms with van der Waals surface area (Å²) in [6.45, 7) is 1.56. The number of benzene rings is 3. The van der Waals surface area contributed by atoms with Crippen molar-refractivity contribution in [1.82, 2.24) is 0 Å². The molecule has 5 nitrogen and oxygen atoms in total. The van der Waals surface area contributed by atoms with Crippen LogP contribution in [0.25, 0.3) is 10.8 Å². The zero-order chi connectivity index (χ0) is 18.1. The molecule has 0 fully saturated rings. The molecule has 0 amide bonds. The highest BCUT2D eigenvalue weighted by atomic mass is 32.2. The summed E-state index contributed by atoms with van der Waals surface area (Å²) in [5.41, 5.74) is 0.309. The Balaban J connectivity index is 1.90. The molecule has 0 aromatic heterocycles. The molecule has 0 radical (unpaired) electrons. The third-order valence-corrected chi connectivity index (χ3v) is 7.01. The molecular formula is C18H17NO4S2. The third-order valence-electron chi connectivity index (χ3n) is 3.88. The fourth-order valence-electron chi connectivity index (χ4n) is 2.45. The molecule has 25 heavy (non-hydrogen) atoms. The normalized spacial score (nSPS) is 12.2. The van der Waals surface area contributed by atoms with Crippen molar-refractivity contribution in [1.29, 1.82) is 0 Å². The van der Waals surface area contributed by atoms with Gasteiger partial charge < -0.3 is 0 Å². The molecule has 0 unspecified atom stereocenters. The van der Waals surface area contributed by atoms with Crippen molar-refractivity contribution in [3.8, 4) is 0 Å². The monoisotopic (exact) mass is 375 g/mol. The van der Waals surface area contributed by atoms with Crippen LogP contribution in [0.3, 0.4) is 0 Å². The van der Waals surface area contributed by atoms with Crippen LogP contribution in [0.2, 0.25) is 0 Å². The molecule has 3 aromatic rings. The van der Waals surface area contributed by atoms with Crippen molar-refractivity contribution in [2.75, 3.05) is 10.5 Å². The van der Waals surface area contributed by atoms with Crippen molar-refractivity contribution in [2.24, 2.45) is 0 Å². The minimum atomic E-state index is -3.76. The van der Waals surface area contributed by atoms with Crippen molar-refractivity contribution >= 4 is 36.3 Å². The summed E-state index contributed by atoms with van der Waals surface area (Å²) < 4.78 is 51.2. The second-order valence-electron chi connectivity index (χ2n) is 5.54. The van der Waals surface area contributed by atoms with Crippen LogP contribution in [0.1, 0.15) is 6.92 Å². The molecule has 1 N–H and O–H groups in total. The number of rotatable bonds is 5. The molecule has 7 heteroatoms. The average molecular weight is 375 g/mol. The van der Waals surface area contributed by atoms with Crippen molar-refractivity contribution in [2.45, 2.75) is 16.7 Å². The highest BCUT2D eigenvalue weighted by Gasteiger charge is 2.16. The van der Waals surface area contributed by atoms with Gasteiger partial charge in [-0.2, -0.15) is 0 Å². The zero-order valence-electron chi connectivity index (χ0n) is 13.5. The predicted octanol–water partition coefficient (Wildman–Crippen LogP) is 3.43. The Morgan fingerprint density at radius 3 is 2.00 bits per heavy atom. The van der Waals surface area contributed by atoms with E-state index in [0.29, 0.717) is 5.69 Å². The van der Waals surface area contributed by atoms with Gasteiger partial charge in [-0.15, -0.1) is 0 Å². The minimum Gasteiger partial charge on any atom is -0.280 e. The van der Waals surface area contributed by atoms with Gasteiger partial charge in [0.25, 0.3) is 10.0 Å². The predicted molar refractivity (Wildman–Crippen MR) is 98.9 cm³/mol. The summed E-state index contributed by atoms with van der Waals surface area (Å²) in [7, 11) is -7.07. The van der Waals surface area contributed by atoms with Gasteiger partial charge in [0.05, 0.1) is 15.5 Å². The number of nitrogens with one attached hydrogen (secondary N) is 1. The van der Waals surface area contributed by atoms with E-state index in [0.717, 1.165) is 10.8 Å². The number of anilines is 1. The van der Waals surface area contributed by atoms with Gasteiger partial charge in [-0.3, -0.25) is 4.72 Å². The Hall–Kier alpha value is -2.38. The summed E-state index contributed by atoms with van der Waals surface area (Å²) in [4.78, 5) is 0.320. The van der Waals surface area contributed by atoms with Gasteiger partial charge in [-0.25, -0.2) is 16.8 Å². The molecule has 3 rings (SSSR count). The maximum Gasteiger partial charge on any atom is 0.261 e. The van der Waals surface area contributed by atoms with Crippen LogP contribution >= 0.6 is 0 Å². The zero-order valence-corrected chi connectivity index (χ0v) is 15.1. The molecule has 0 bridgehead atoms. The lowest BCUT2D eigenvalue weighted by Crippen LogP contribution is -2.13. The van der Waals surface area contributed by atoms with E-state index in [-0.39, 0.29) is 15.5 Å². The first-order valence-corrected chi connectivity index (χ1v) is 10.8. The van der Waals surface area contributed by atoms with Gasteiger partial charge in [0.2, 0.25) is 0 Å². The maximum atomic E-state index is 12.6. The summed E-state index contributed by atoms with van der Waals surface area (Å²) in [6, 6.07) is 18.1. The molecule has 0 spiro atoms. The number of sulfonamides is 1. The quantitative estimate of drug-likeness (QED) is 0.741. The Kier molecular flexibility index (Phi) is 4.53. The van der Waals surface area contributed by atoms with Gasteiger partial charge in [0.1, 0.15) is 0 Å². The van der Waals surface area contributed by atoms with E-state index < -0.39 is 19.9 Å². The van der Waals surface area contributed by atoms with Gasteiger partial charge in [-0.1, -0.05) is 37.3 Å². The first-order chi connectivity index (χ1) is 11.8. The molecule has 0 heterocycles. The molecule has 0 aliphatic carbocycles. The lowest BCUT2D eigenvalue weighted by Gasteiger charge is -2.10. The average Bonchev–Trinajstić information content (AvgIpc) is 2.61. The second-order valence-corrected chi connectivity index (χ2v) is 9.50. The Labute approximate surface area is 147 Å². The van der Waals surface area contributed by atoms with E-state index in [1.165, 1.54) is 24.3 Å². The fraction of sp³-hybridized carbons (Fsp3) is 0.111. The summed E-state index contributed by atoms with van der Waals surface area (Å²) in [5, 5.41) is 1.78. The molecule has 0 saturated carbocycles. The van der Waals surface area contributed by atoms with Gasteiger partial charge in [-0.05, 0) is 47.2 Å². The largest absolute Gasteiger partial charge is 0.280 e. The van der Waals surface area contributed by atoms with Gasteiger partial charge in [0, 0.05) is 5.69 Å². The number of sulfone groups is 1. The van der Waals surface area contributed by atoms with E-state index in [9.17, 15) is 16.8 Å². The topological polar surface area (TPSA) is 80.3 Å². The number of hydrogen-bond donors (Lipinski definition) is 1. The Bertz CT molecular complexity index is 1120. The van der Waals surface area contributed by atoms with E-state index >= 15 is 0 Å². The van der Waals surface area contributed by atoms with Crippen LogP contribution in [0, 0.1) is 0 Å². The Morgan fingerprint density at radius 2 is 1.36 bits per heavy atom. The maximum absolute atomic E-state index is 12.6. The van der Waals surface area contributed by atoms with Crippen LogP contribution in [-0.4, -0.2) is 22.6 Å². The van der Waals surface area contributed by atoms with Crippen molar-refractivity contribution in [3.63, 3.8) is 0 Å². The van der Waals surface area contributed by atoms with Crippen LogP contribution in [0.4, 0.5) is 5.69 Å². The summed E-state index contributed by atoms with van der Waals surface area (Å²) >= 11 is 0. The molecule has 0 atom stereocenters. The van der Waals surface area contributed by atoms with Crippen LogP contribution in [0.15, 0.2) is 76.5 Å². The molecule has 0 aliphatic heterocycles. The van der Waals surface area contributed by atoms with E-state index in [4.69, 9.17) is 0 Å². The summed E-state index contributed by atoms with van der Waals surface area (Å²) in [5.74, 6) is -0.00480. The van der Waals surface area contributed by atoms with Crippen molar-refractivity contribution in [3.05, 3.63) is 66.7 Å². The highest BCUT2D eigenvalue weighted by Crippen LogP contribution is 2.22. The van der Waals surface area contributed by atoms with Crippen LogP contribution in [-0.2, 0) is 19.9 Å². The second kappa shape index (κ2) is 6.50. The molecule has 3 aromatic carbocycles. The standard InChI is InChI=1S/C18H17NO4S2/c1-2-24(20,21)17-11-8-16(9-12-17)19-25(22,23)18-10-7-14-5-3-4-6-15(14)13-18/h3-13,19H,2H2,1H3. The van der Waals surface area contributed by atoms with E-state index in [1.54, 1.807) is 25.1 Å².